The molecule has 1 N–H and O–H groups in total. The smallest absolute Gasteiger partial charge is 0.414 e. The van der Waals surface area contributed by atoms with Crippen molar-refractivity contribution in [2.75, 3.05) is 18.0 Å². The molecule has 24 heavy (non-hydrogen) atoms. The summed E-state index contributed by atoms with van der Waals surface area (Å²) in [5, 5.41) is 2.61. The summed E-state index contributed by atoms with van der Waals surface area (Å²) in [6.07, 6.45) is -0.935. The number of cyclic esters (lactones) is 1. The first-order valence-electron chi connectivity index (χ1n) is 7.59. The van der Waals surface area contributed by atoms with E-state index in [4.69, 9.17) is 4.74 Å². The average molecular weight is 332 g/mol. The van der Waals surface area contributed by atoms with Crippen LogP contribution in [-0.4, -0.2) is 42.8 Å². The number of carbonyl (C=O) groups excluding carboxylic acids is 4. The van der Waals surface area contributed by atoms with E-state index in [1.54, 1.807) is 26.0 Å². The zero-order chi connectivity index (χ0) is 18.0. The number of hydrogen-bond acceptors (Lipinski definition) is 5. The number of rotatable bonds is 5. The minimum atomic E-state index is -0.538. The molecule has 1 saturated heterocycles. The summed E-state index contributed by atoms with van der Waals surface area (Å²) in [5.41, 5.74) is 2.22. The minimum Gasteiger partial charge on any atom is -0.442 e. The van der Waals surface area contributed by atoms with Gasteiger partial charge in [0.05, 0.1) is 13.1 Å². The molecule has 0 aliphatic carbocycles. The number of ether oxygens (including phenoxy) is 1. The maximum absolute atomic E-state index is 12.0. The normalized spacial score (nSPS) is 16.8. The van der Waals surface area contributed by atoms with E-state index in [-0.39, 0.29) is 12.5 Å². The van der Waals surface area contributed by atoms with Gasteiger partial charge < -0.3 is 10.1 Å². The van der Waals surface area contributed by atoms with Crippen LogP contribution in [0.4, 0.5) is 10.5 Å². The maximum atomic E-state index is 12.0. The molecule has 2 rings (SSSR count). The van der Waals surface area contributed by atoms with E-state index in [1.165, 1.54) is 18.7 Å². The van der Waals surface area contributed by atoms with E-state index < -0.39 is 23.8 Å². The summed E-state index contributed by atoms with van der Waals surface area (Å²) in [4.78, 5) is 47.8. The Morgan fingerprint density at radius 2 is 1.79 bits per heavy atom. The van der Waals surface area contributed by atoms with Crippen LogP contribution in [0.15, 0.2) is 12.1 Å². The lowest BCUT2D eigenvalue weighted by molar-refractivity contribution is -0.119. The lowest BCUT2D eigenvalue weighted by Crippen LogP contribution is -2.33. The van der Waals surface area contributed by atoms with E-state index in [0.717, 1.165) is 0 Å². The lowest BCUT2D eigenvalue weighted by atomic mass is 9.96. The Hall–Kier alpha value is -2.70. The van der Waals surface area contributed by atoms with Crippen LogP contribution in [0.5, 0.6) is 0 Å². The highest BCUT2D eigenvalue weighted by molar-refractivity contribution is 6.43. The molecule has 0 radical (unpaired) electrons. The SMILES string of the molecule is CC(=O)NCC1CN(c2cc(C)c(C(=O)C(C)=O)c(C)c2)C(=O)O1. The summed E-state index contributed by atoms with van der Waals surface area (Å²) < 4.78 is 5.23. The molecule has 1 fully saturated rings. The van der Waals surface area contributed by atoms with Crippen molar-refractivity contribution in [1.82, 2.24) is 5.32 Å². The minimum absolute atomic E-state index is 0.191. The fraction of sp³-hybridized carbons (Fsp3) is 0.412. The van der Waals surface area contributed by atoms with E-state index in [0.29, 0.717) is 28.9 Å². The molecule has 1 aromatic rings. The van der Waals surface area contributed by atoms with Crippen molar-refractivity contribution in [2.45, 2.75) is 33.8 Å². The molecular formula is C17H20N2O5. The second-order valence-corrected chi connectivity index (χ2v) is 5.89. The first-order valence-corrected chi connectivity index (χ1v) is 7.59. The number of anilines is 1. The third-order valence-electron chi connectivity index (χ3n) is 3.83. The van der Waals surface area contributed by atoms with E-state index >= 15 is 0 Å². The van der Waals surface area contributed by atoms with Crippen molar-refractivity contribution >= 4 is 29.3 Å². The molecule has 0 aromatic heterocycles. The molecular weight excluding hydrogens is 312 g/mol. The van der Waals surface area contributed by atoms with Gasteiger partial charge in [0.1, 0.15) is 6.10 Å². The number of aryl methyl sites for hydroxylation is 2. The van der Waals surface area contributed by atoms with Crippen LogP contribution in [0.25, 0.3) is 0 Å². The van der Waals surface area contributed by atoms with Crippen molar-refractivity contribution in [3.63, 3.8) is 0 Å². The molecule has 7 heteroatoms. The molecule has 7 nitrogen and oxygen atoms in total. The molecule has 0 spiro atoms. The monoisotopic (exact) mass is 332 g/mol. The zero-order valence-electron chi connectivity index (χ0n) is 14.1. The number of benzene rings is 1. The van der Waals surface area contributed by atoms with Crippen LogP contribution in [0.3, 0.4) is 0 Å². The second-order valence-electron chi connectivity index (χ2n) is 5.89. The molecule has 1 aliphatic rings. The van der Waals surface area contributed by atoms with Crippen LogP contribution in [0.2, 0.25) is 0 Å². The Bertz CT molecular complexity index is 703. The van der Waals surface area contributed by atoms with Gasteiger partial charge in [-0.1, -0.05) is 0 Å². The number of Topliss-reactive ketones (excluding diaryl/α,β-unsaturated/α-hetero) is 2. The quantitative estimate of drug-likeness (QED) is 0.652. The summed E-state index contributed by atoms with van der Waals surface area (Å²) in [7, 11) is 0. The van der Waals surface area contributed by atoms with Gasteiger partial charge in [0, 0.05) is 25.1 Å². The van der Waals surface area contributed by atoms with E-state index in [1.807, 2.05) is 0 Å². The van der Waals surface area contributed by atoms with Crippen LogP contribution in [-0.2, 0) is 14.3 Å². The van der Waals surface area contributed by atoms with Gasteiger partial charge in [-0.2, -0.15) is 0 Å². The number of carbonyl (C=O) groups is 4. The topological polar surface area (TPSA) is 92.8 Å². The summed E-state index contributed by atoms with van der Waals surface area (Å²) in [6, 6.07) is 3.37. The van der Waals surface area contributed by atoms with Gasteiger partial charge in [0.2, 0.25) is 11.7 Å². The lowest BCUT2D eigenvalue weighted by Gasteiger charge is -2.17. The predicted molar refractivity (Wildman–Crippen MR) is 87.2 cm³/mol. The van der Waals surface area contributed by atoms with Crippen LogP contribution >= 0.6 is 0 Å². The number of amides is 2. The standard InChI is InChI=1S/C17H20N2O5/c1-9-5-13(6-10(2)15(9)16(22)11(3)20)19-8-14(24-17(19)23)7-18-12(4)21/h5-6,14H,7-8H2,1-4H3,(H,18,21). The van der Waals surface area contributed by atoms with Gasteiger partial charge in [-0.25, -0.2) is 4.79 Å². The molecule has 1 unspecified atom stereocenters. The van der Waals surface area contributed by atoms with Gasteiger partial charge >= 0.3 is 6.09 Å². The van der Waals surface area contributed by atoms with E-state index in [9.17, 15) is 19.2 Å². The maximum Gasteiger partial charge on any atom is 0.414 e. The predicted octanol–water partition coefficient (Wildman–Crippen LogP) is 1.54. The first kappa shape index (κ1) is 17.7. The number of nitrogens with one attached hydrogen (secondary N) is 1. The number of hydrogen-bond donors (Lipinski definition) is 1. The highest BCUT2D eigenvalue weighted by Crippen LogP contribution is 2.27. The van der Waals surface area contributed by atoms with Gasteiger partial charge in [0.15, 0.2) is 5.78 Å². The van der Waals surface area contributed by atoms with Gasteiger partial charge in [-0.15, -0.1) is 0 Å². The molecule has 1 atom stereocenters. The summed E-state index contributed by atoms with van der Waals surface area (Å²) >= 11 is 0. The van der Waals surface area contributed by atoms with Crippen molar-refractivity contribution in [3.8, 4) is 0 Å². The van der Waals surface area contributed by atoms with Gasteiger partial charge in [-0.05, 0) is 37.1 Å². The molecule has 1 aliphatic heterocycles. The average Bonchev–Trinajstić information content (AvgIpc) is 2.85. The van der Waals surface area contributed by atoms with Crippen molar-refractivity contribution in [1.29, 1.82) is 0 Å². The number of ketones is 2. The number of nitrogens with zero attached hydrogens (tertiary/aromatic N) is 1. The molecule has 0 saturated carbocycles. The van der Waals surface area contributed by atoms with Crippen LogP contribution < -0.4 is 10.2 Å². The third kappa shape index (κ3) is 3.61. The fourth-order valence-corrected chi connectivity index (χ4v) is 2.73. The summed E-state index contributed by atoms with van der Waals surface area (Å²) in [6.45, 7) is 6.63. The van der Waals surface area contributed by atoms with Crippen LogP contribution in [0, 0.1) is 13.8 Å². The second kappa shape index (κ2) is 6.82. The highest BCUT2D eigenvalue weighted by Gasteiger charge is 2.33. The Morgan fingerprint density at radius 1 is 1.21 bits per heavy atom. The highest BCUT2D eigenvalue weighted by atomic mass is 16.6. The summed E-state index contributed by atoms with van der Waals surface area (Å²) in [5.74, 6) is -1.25. The Morgan fingerprint density at radius 3 is 2.29 bits per heavy atom. The van der Waals surface area contributed by atoms with Crippen molar-refractivity contribution < 1.29 is 23.9 Å². The first-order chi connectivity index (χ1) is 11.2. The largest absolute Gasteiger partial charge is 0.442 e. The fourth-order valence-electron chi connectivity index (χ4n) is 2.73. The van der Waals surface area contributed by atoms with Crippen LogP contribution in [0.1, 0.15) is 35.3 Å². The van der Waals surface area contributed by atoms with Gasteiger partial charge in [0.25, 0.3) is 0 Å². The molecule has 2 amide bonds. The van der Waals surface area contributed by atoms with E-state index in [2.05, 4.69) is 5.32 Å². The molecule has 1 heterocycles. The molecule has 0 bridgehead atoms. The third-order valence-corrected chi connectivity index (χ3v) is 3.83. The Labute approximate surface area is 140 Å². The molecule has 1 aromatic carbocycles. The zero-order valence-corrected chi connectivity index (χ0v) is 14.1. The Kier molecular flexibility index (Phi) is 5.02. The van der Waals surface area contributed by atoms with Gasteiger partial charge in [-0.3, -0.25) is 19.3 Å². The van der Waals surface area contributed by atoms with Crippen molar-refractivity contribution in [3.05, 3.63) is 28.8 Å². The Balaban J connectivity index is 2.24. The van der Waals surface area contributed by atoms with Crippen molar-refractivity contribution in [2.24, 2.45) is 0 Å². The molecule has 128 valence electrons.